The summed E-state index contributed by atoms with van der Waals surface area (Å²) in [5.41, 5.74) is 1.26. The van der Waals surface area contributed by atoms with E-state index in [-0.39, 0.29) is 16.5 Å². The van der Waals surface area contributed by atoms with Gasteiger partial charge in [-0.3, -0.25) is 4.79 Å². The second-order valence-corrected chi connectivity index (χ2v) is 4.52. The fraction of sp³-hybridized carbons (Fsp3) is 0.182. The molecule has 5 nitrogen and oxygen atoms in total. The number of carboxylic acid groups (broad SMARTS) is 1. The van der Waals surface area contributed by atoms with Crippen molar-refractivity contribution in [3.05, 3.63) is 34.1 Å². The van der Waals surface area contributed by atoms with E-state index >= 15 is 0 Å². The highest BCUT2D eigenvalue weighted by Gasteiger charge is 2.04. The van der Waals surface area contributed by atoms with Crippen molar-refractivity contribution >= 4 is 28.6 Å². The van der Waals surface area contributed by atoms with Crippen molar-refractivity contribution in [2.45, 2.75) is 12.1 Å². The molecule has 0 radical (unpaired) electrons. The van der Waals surface area contributed by atoms with Crippen molar-refractivity contribution in [1.29, 1.82) is 0 Å². The summed E-state index contributed by atoms with van der Waals surface area (Å²) < 4.78 is 0. The highest BCUT2D eigenvalue weighted by Crippen LogP contribution is 2.15. The van der Waals surface area contributed by atoms with Crippen molar-refractivity contribution in [3.63, 3.8) is 0 Å². The van der Waals surface area contributed by atoms with Crippen LogP contribution in [0.4, 0.5) is 0 Å². The molecule has 1 aromatic heterocycles. The quantitative estimate of drug-likeness (QED) is 0.614. The van der Waals surface area contributed by atoms with E-state index in [0.717, 1.165) is 17.3 Å². The smallest absolute Gasteiger partial charge is 0.259 e. The molecule has 0 spiro atoms. The van der Waals surface area contributed by atoms with Gasteiger partial charge in [0, 0.05) is 5.75 Å². The summed E-state index contributed by atoms with van der Waals surface area (Å²) in [6.07, 6.45) is 0. The van der Waals surface area contributed by atoms with Crippen LogP contribution in [0.15, 0.2) is 28.2 Å². The number of thioether (sulfide) groups is 1. The lowest BCUT2D eigenvalue weighted by Crippen LogP contribution is -2.24. The van der Waals surface area contributed by atoms with Gasteiger partial charge in [-0.05, 0) is 19.1 Å². The fourth-order valence-corrected chi connectivity index (χ4v) is 2.01. The molecule has 0 aliphatic carbocycles. The van der Waals surface area contributed by atoms with E-state index in [4.69, 9.17) is 0 Å². The topological polar surface area (TPSA) is 85.9 Å². The van der Waals surface area contributed by atoms with E-state index in [1.165, 1.54) is 0 Å². The van der Waals surface area contributed by atoms with Crippen LogP contribution in [0.1, 0.15) is 5.56 Å². The maximum atomic E-state index is 11.7. The molecule has 1 N–H and O–H groups in total. The first kappa shape index (κ1) is 11.7. The van der Waals surface area contributed by atoms with Gasteiger partial charge in [-0.2, -0.15) is 0 Å². The summed E-state index contributed by atoms with van der Waals surface area (Å²) in [7, 11) is 0. The van der Waals surface area contributed by atoms with Crippen molar-refractivity contribution < 1.29 is 9.90 Å². The number of aromatic nitrogens is 2. The van der Waals surface area contributed by atoms with E-state index in [9.17, 15) is 14.7 Å². The third-order valence-corrected chi connectivity index (χ3v) is 3.01. The summed E-state index contributed by atoms with van der Waals surface area (Å²) in [5.74, 6) is -1.43. The maximum absolute atomic E-state index is 11.7. The number of aromatic amines is 1. The van der Waals surface area contributed by atoms with Gasteiger partial charge in [0.1, 0.15) is 0 Å². The maximum Gasteiger partial charge on any atom is 0.259 e. The molecule has 6 heteroatoms. The van der Waals surface area contributed by atoms with Gasteiger partial charge in [0.05, 0.1) is 16.9 Å². The van der Waals surface area contributed by atoms with E-state index in [1.54, 1.807) is 12.1 Å². The van der Waals surface area contributed by atoms with Crippen LogP contribution >= 0.6 is 11.8 Å². The number of hydrogen-bond acceptors (Lipinski definition) is 5. The zero-order valence-corrected chi connectivity index (χ0v) is 9.84. The van der Waals surface area contributed by atoms with E-state index in [2.05, 4.69) is 9.97 Å². The molecule has 0 amide bonds. The number of carbonyl (C=O) groups excluding carboxylic acids is 1. The lowest BCUT2D eigenvalue weighted by atomic mass is 10.2. The van der Waals surface area contributed by atoms with Gasteiger partial charge in [0.15, 0.2) is 5.16 Å². The standard InChI is InChI=1S/C11H10N2O3S/c1-6-2-3-8-7(4-6)10(16)13-11(12-8)17-5-9(14)15/h2-4H,5H2,1H3,(H,14,15)(H,12,13,16)/p-1. The summed E-state index contributed by atoms with van der Waals surface area (Å²) >= 11 is 0.933. The molecule has 0 saturated heterocycles. The number of rotatable bonds is 3. The number of aryl methyl sites for hydroxylation is 1. The Kier molecular flexibility index (Phi) is 3.14. The summed E-state index contributed by atoms with van der Waals surface area (Å²) in [4.78, 5) is 28.7. The Balaban J connectivity index is 2.45. The van der Waals surface area contributed by atoms with Crippen LogP contribution in [0.25, 0.3) is 10.9 Å². The molecule has 1 aromatic carbocycles. The Labute approximate surface area is 101 Å². The van der Waals surface area contributed by atoms with E-state index in [0.29, 0.717) is 10.9 Å². The number of hydrogen-bond donors (Lipinski definition) is 1. The molecule has 0 aliphatic rings. The molecule has 0 fully saturated rings. The van der Waals surface area contributed by atoms with E-state index < -0.39 is 5.97 Å². The Morgan fingerprint density at radius 1 is 1.53 bits per heavy atom. The molecule has 0 saturated carbocycles. The molecule has 0 atom stereocenters. The van der Waals surface area contributed by atoms with Gasteiger partial charge in [-0.15, -0.1) is 0 Å². The van der Waals surface area contributed by atoms with E-state index in [1.807, 2.05) is 13.0 Å². The largest absolute Gasteiger partial charge is 0.549 e. The molecule has 2 rings (SSSR count). The van der Waals surface area contributed by atoms with Crippen molar-refractivity contribution in [1.82, 2.24) is 9.97 Å². The van der Waals surface area contributed by atoms with Crippen molar-refractivity contribution in [2.24, 2.45) is 0 Å². The minimum atomic E-state index is -1.19. The second kappa shape index (κ2) is 4.58. The predicted molar refractivity (Wildman–Crippen MR) is 62.8 cm³/mol. The van der Waals surface area contributed by atoms with Crippen LogP contribution in [-0.2, 0) is 4.79 Å². The minimum Gasteiger partial charge on any atom is -0.549 e. The number of H-pyrrole nitrogens is 1. The average Bonchev–Trinajstić information content (AvgIpc) is 2.27. The number of fused-ring (bicyclic) bond motifs is 1. The van der Waals surface area contributed by atoms with Gasteiger partial charge in [0.2, 0.25) is 0 Å². The molecule has 0 bridgehead atoms. The number of aliphatic carboxylic acids is 1. The lowest BCUT2D eigenvalue weighted by Gasteiger charge is -2.03. The van der Waals surface area contributed by atoms with Crippen LogP contribution < -0.4 is 10.7 Å². The Bertz CT molecular complexity index is 636. The zero-order chi connectivity index (χ0) is 12.4. The monoisotopic (exact) mass is 249 g/mol. The normalized spacial score (nSPS) is 10.6. The highest BCUT2D eigenvalue weighted by atomic mass is 32.2. The molecule has 2 aromatic rings. The zero-order valence-electron chi connectivity index (χ0n) is 9.02. The molecule has 1 heterocycles. The summed E-state index contributed by atoms with van der Waals surface area (Å²) in [6.45, 7) is 1.89. The van der Waals surface area contributed by atoms with Gasteiger partial charge >= 0.3 is 0 Å². The molecule has 88 valence electrons. The first-order chi connectivity index (χ1) is 8.06. The van der Waals surface area contributed by atoms with Crippen LogP contribution in [-0.4, -0.2) is 21.7 Å². The molecular formula is C11H9N2O3S-. The summed E-state index contributed by atoms with van der Waals surface area (Å²) in [6, 6.07) is 5.33. The SMILES string of the molecule is Cc1ccc2nc(SCC(=O)[O-])[nH]c(=O)c2c1. The third kappa shape index (κ3) is 2.65. The predicted octanol–water partition coefficient (Wildman–Crippen LogP) is 0.0735. The number of carbonyl (C=O) groups is 1. The Morgan fingerprint density at radius 3 is 3.00 bits per heavy atom. The minimum absolute atomic E-state index is 0.236. The van der Waals surface area contributed by atoms with Gasteiger partial charge < -0.3 is 14.9 Å². The number of nitrogens with zero attached hydrogens (tertiary/aromatic N) is 1. The van der Waals surface area contributed by atoms with Gasteiger partial charge in [0.25, 0.3) is 5.56 Å². The molecule has 0 unspecified atom stereocenters. The Hall–Kier alpha value is -1.82. The molecule has 0 aliphatic heterocycles. The number of carboxylic acids is 1. The lowest BCUT2D eigenvalue weighted by molar-refractivity contribution is -0.301. The number of benzene rings is 1. The number of nitrogens with one attached hydrogen (secondary N) is 1. The average molecular weight is 249 g/mol. The highest BCUT2D eigenvalue weighted by molar-refractivity contribution is 7.99. The first-order valence-corrected chi connectivity index (χ1v) is 5.88. The van der Waals surface area contributed by atoms with Crippen LogP contribution in [0.3, 0.4) is 0 Å². The van der Waals surface area contributed by atoms with Crippen molar-refractivity contribution in [3.8, 4) is 0 Å². The fourth-order valence-electron chi connectivity index (χ4n) is 1.43. The molecular weight excluding hydrogens is 240 g/mol. The van der Waals surface area contributed by atoms with Crippen LogP contribution in [0, 0.1) is 6.92 Å². The van der Waals surface area contributed by atoms with Crippen LogP contribution in [0.2, 0.25) is 0 Å². The van der Waals surface area contributed by atoms with Crippen molar-refractivity contribution in [2.75, 3.05) is 5.75 Å². The summed E-state index contributed by atoms with van der Waals surface area (Å²) in [5, 5.41) is 11.1. The molecule has 17 heavy (non-hydrogen) atoms. The second-order valence-electron chi connectivity index (χ2n) is 3.55. The van der Waals surface area contributed by atoms with Gasteiger partial charge in [-0.25, -0.2) is 4.98 Å². The Morgan fingerprint density at radius 2 is 2.29 bits per heavy atom. The van der Waals surface area contributed by atoms with Crippen LogP contribution in [0.5, 0.6) is 0 Å². The van der Waals surface area contributed by atoms with Gasteiger partial charge in [-0.1, -0.05) is 23.4 Å². The first-order valence-electron chi connectivity index (χ1n) is 4.89. The third-order valence-electron chi connectivity index (χ3n) is 2.17.